The van der Waals surface area contributed by atoms with E-state index in [-0.39, 0.29) is 12.5 Å². The largest absolute Gasteiger partial charge is 0.388 e. The zero-order valence-corrected chi connectivity index (χ0v) is 16.6. The zero-order valence-electron chi connectivity index (χ0n) is 13.4. The third-order valence-corrected chi connectivity index (χ3v) is 7.01. The van der Waals surface area contributed by atoms with Crippen molar-refractivity contribution in [1.82, 2.24) is 4.90 Å². The first-order chi connectivity index (χ1) is 11.8. The van der Waals surface area contributed by atoms with Gasteiger partial charge in [0.25, 0.3) is 5.91 Å². The predicted octanol–water partition coefficient (Wildman–Crippen LogP) is 2.18. The fraction of sp³-hybridized carbons (Fsp3) is 0.389. The van der Waals surface area contributed by atoms with Crippen LogP contribution in [-0.2, 0) is 9.53 Å². The van der Waals surface area contributed by atoms with Crippen LogP contribution in [0.25, 0.3) is 5.57 Å². The molecule has 132 valence electrons. The van der Waals surface area contributed by atoms with E-state index in [1.165, 1.54) is 0 Å². The molecule has 7 heteroatoms. The maximum Gasteiger partial charge on any atom is 0.262 e. The molecule has 0 bridgehead atoms. The number of ether oxygens (including phenoxy) is 1. The van der Waals surface area contributed by atoms with Gasteiger partial charge < -0.3 is 19.8 Å². The average Bonchev–Trinajstić information content (AvgIpc) is 2.79. The first-order valence-electron chi connectivity index (χ1n) is 7.97. The van der Waals surface area contributed by atoms with Gasteiger partial charge in [-0.3, -0.25) is 4.79 Å². The van der Waals surface area contributed by atoms with Gasteiger partial charge in [0.05, 0.1) is 22.0 Å². The van der Waals surface area contributed by atoms with Crippen LogP contribution in [0.15, 0.2) is 47.0 Å². The van der Waals surface area contributed by atoms with Gasteiger partial charge in [0.15, 0.2) is 5.79 Å². The van der Waals surface area contributed by atoms with Crippen LogP contribution < -0.4 is 0 Å². The number of benzene rings is 1. The van der Waals surface area contributed by atoms with Crippen LogP contribution in [0.4, 0.5) is 0 Å². The molecule has 2 N–H and O–H groups in total. The Morgan fingerprint density at radius 1 is 1.28 bits per heavy atom. The van der Waals surface area contributed by atoms with Crippen molar-refractivity contribution < 1.29 is 19.7 Å². The molecule has 0 aromatic heterocycles. The van der Waals surface area contributed by atoms with Gasteiger partial charge in [-0.2, -0.15) is 0 Å². The number of aliphatic hydroxyl groups excluding tert-OH is 1. The molecule has 2 aliphatic heterocycles. The third-order valence-electron chi connectivity index (χ3n) is 5.03. The van der Waals surface area contributed by atoms with Gasteiger partial charge in [0, 0.05) is 5.57 Å². The van der Waals surface area contributed by atoms with Crippen LogP contribution in [-0.4, -0.2) is 55.9 Å². The van der Waals surface area contributed by atoms with Crippen LogP contribution in [0.5, 0.6) is 0 Å². The van der Waals surface area contributed by atoms with Crippen LogP contribution in [0, 0.1) is 0 Å². The van der Waals surface area contributed by atoms with Crippen molar-refractivity contribution in [2.24, 2.45) is 0 Å². The number of aliphatic hydroxyl groups is 2. The van der Waals surface area contributed by atoms with Gasteiger partial charge >= 0.3 is 0 Å². The van der Waals surface area contributed by atoms with Crippen molar-refractivity contribution >= 4 is 43.3 Å². The quantitative estimate of drug-likeness (QED) is 0.487. The number of alkyl halides is 1. The lowest BCUT2D eigenvalue weighted by Gasteiger charge is -2.56. The molecule has 0 saturated carbocycles. The highest BCUT2D eigenvalue weighted by molar-refractivity contribution is 9.12. The molecule has 1 spiro atoms. The Kier molecular flexibility index (Phi) is 4.01. The zero-order chi connectivity index (χ0) is 18.0. The minimum Gasteiger partial charge on any atom is -0.388 e. The van der Waals surface area contributed by atoms with Gasteiger partial charge in [-0.1, -0.05) is 58.4 Å². The topological polar surface area (TPSA) is 70.0 Å². The SMILES string of the molecule is C[C@@]1(O)CN2C(=O)C(Br)=C(c3ccccc3)[C@@]23[C@H](Br)[C@@H](O)C=C[C@H]3O1. The number of carbonyl (C=O) groups excluding carboxylic acids is 1. The van der Waals surface area contributed by atoms with Gasteiger partial charge in [0.1, 0.15) is 11.6 Å². The summed E-state index contributed by atoms with van der Waals surface area (Å²) in [6, 6.07) is 9.57. The first kappa shape index (κ1) is 17.4. The van der Waals surface area contributed by atoms with E-state index in [1.54, 1.807) is 24.0 Å². The van der Waals surface area contributed by atoms with Gasteiger partial charge in [0.2, 0.25) is 0 Å². The Morgan fingerprint density at radius 3 is 2.64 bits per heavy atom. The molecule has 1 aromatic carbocycles. The third kappa shape index (κ3) is 2.33. The summed E-state index contributed by atoms with van der Waals surface area (Å²) in [5, 5.41) is 21.0. The predicted molar refractivity (Wildman–Crippen MR) is 100 cm³/mol. The lowest BCUT2D eigenvalue weighted by molar-refractivity contribution is -0.269. The molecule has 5 atom stereocenters. The Morgan fingerprint density at radius 2 is 1.96 bits per heavy atom. The second kappa shape index (κ2) is 5.76. The van der Waals surface area contributed by atoms with Crippen molar-refractivity contribution in [1.29, 1.82) is 0 Å². The summed E-state index contributed by atoms with van der Waals surface area (Å²) < 4.78 is 6.36. The number of carbonyl (C=O) groups is 1. The molecule has 1 aliphatic carbocycles. The molecule has 5 nitrogen and oxygen atoms in total. The molecular weight excluding hydrogens is 454 g/mol. The fourth-order valence-corrected chi connectivity index (χ4v) is 5.74. The van der Waals surface area contributed by atoms with Gasteiger partial charge in [-0.05, 0) is 28.4 Å². The Bertz CT molecular complexity index is 792. The van der Waals surface area contributed by atoms with E-state index in [2.05, 4.69) is 31.9 Å². The minimum absolute atomic E-state index is 0.0103. The highest BCUT2D eigenvalue weighted by Gasteiger charge is 2.66. The Labute approximate surface area is 162 Å². The van der Waals surface area contributed by atoms with E-state index >= 15 is 0 Å². The Balaban J connectivity index is 1.99. The number of amides is 1. The lowest BCUT2D eigenvalue weighted by atomic mass is 9.72. The fourth-order valence-electron chi connectivity index (χ4n) is 4.06. The summed E-state index contributed by atoms with van der Waals surface area (Å²) in [5.41, 5.74) is 0.671. The molecule has 25 heavy (non-hydrogen) atoms. The molecule has 0 unspecified atom stereocenters. The molecule has 1 saturated heterocycles. The Hall–Kier alpha value is -0.990. The number of nitrogens with zero attached hydrogens (tertiary/aromatic N) is 1. The van der Waals surface area contributed by atoms with Crippen molar-refractivity contribution in [3.63, 3.8) is 0 Å². The first-order valence-corrected chi connectivity index (χ1v) is 9.68. The highest BCUT2D eigenvalue weighted by Crippen LogP contribution is 2.55. The van der Waals surface area contributed by atoms with Crippen LogP contribution in [0.2, 0.25) is 0 Å². The molecule has 0 radical (unpaired) electrons. The van der Waals surface area contributed by atoms with Crippen molar-refractivity contribution in [3.05, 3.63) is 52.5 Å². The molecular formula is C18H17Br2NO4. The molecule has 2 heterocycles. The summed E-state index contributed by atoms with van der Waals surface area (Å²) in [5.74, 6) is -1.69. The molecule has 4 rings (SSSR count). The summed E-state index contributed by atoms with van der Waals surface area (Å²) in [6.45, 7) is 1.55. The van der Waals surface area contributed by atoms with Crippen LogP contribution in [0.3, 0.4) is 0 Å². The number of halogens is 2. The van der Waals surface area contributed by atoms with E-state index in [4.69, 9.17) is 4.74 Å². The summed E-state index contributed by atoms with van der Waals surface area (Å²) in [4.78, 5) is 14.2. The van der Waals surface area contributed by atoms with Crippen LogP contribution >= 0.6 is 31.9 Å². The molecule has 1 aromatic rings. The lowest BCUT2D eigenvalue weighted by Crippen LogP contribution is -2.72. The van der Waals surface area contributed by atoms with Gasteiger partial charge in [-0.15, -0.1) is 0 Å². The molecule has 1 fully saturated rings. The maximum atomic E-state index is 13.0. The number of hydrogen-bond donors (Lipinski definition) is 2. The highest BCUT2D eigenvalue weighted by atomic mass is 79.9. The van der Waals surface area contributed by atoms with Gasteiger partial charge in [-0.25, -0.2) is 0 Å². The summed E-state index contributed by atoms with van der Waals surface area (Å²) in [6.07, 6.45) is 1.97. The second-order valence-corrected chi connectivity index (χ2v) is 8.54. The summed E-state index contributed by atoms with van der Waals surface area (Å²) in [7, 11) is 0. The van der Waals surface area contributed by atoms with E-state index in [9.17, 15) is 15.0 Å². The number of morpholine rings is 1. The molecule has 3 aliphatic rings. The second-order valence-electron chi connectivity index (χ2n) is 6.76. The minimum atomic E-state index is -1.47. The standard InChI is InChI=1S/C18H17Br2NO4/c1-17(24)9-21-16(23)14(19)13(10-5-3-2-4-6-10)18(21)12(25-17)8-7-11(22)15(18)20/h2-8,11-12,15,22,24H,9H2,1H3/t11-,12+,15+,17-,18-/m0/s1. The van der Waals surface area contributed by atoms with Crippen molar-refractivity contribution in [2.45, 2.75) is 35.3 Å². The summed E-state index contributed by atoms with van der Waals surface area (Å²) >= 11 is 7.08. The van der Waals surface area contributed by atoms with E-state index in [1.807, 2.05) is 30.3 Å². The smallest absolute Gasteiger partial charge is 0.262 e. The average molecular weight is 471 g/mol. The maximum absolute atomic E-state index is 13.0. The number of hydrogen-bond acceptors (Lipinski definition) is 4. The number of rotatable bonds is 1. The van der Waals surface area contributed by atoms with Crippen molar-refractivity contribution in [3.8, 4) is 0 Å². The van der Waals surface area contributed by atoms with Crippen molar-refractivity contribution in [2.75, 3.05) is 6.54 Å². The monoisotopic (exact) mass is 469 g/mol. The van der Waals surface area contributed by atoms with E-state index in [0.29, 0.717) is 4.48 Å². The van der Waals surface area contributed by atoms with E-state index in [0.717, 1.165) is 11.1 Å². The normalized spacial score (nSPS) is 40.3. The van der Waals surface area contributed by atoms with E-state index < -0.39 is 28.4 Å². The van der Waals surface area contributed by atoms with Crippen LogP contribution in [0.1, 0.15) is 12.5 Å². The number of β-amino-alcohol motifs (C(OH)–C–C–N with tert-alkyl or cyclic N) is 1. The molecule has 1 amide bonds.